The monoisotopic (exact) mass is 320 g/mol. The number of carbonyl (C=O) groups is 1. The van der Waals surface area contributed by atoms with E-state index in [0.717, 1.165) is 5.56 Å². The van der Waals surface area contributed by atoms with Gasteiger partial charge in [-0.15, -0.1) is 0 Å². The van der Waals surface area contributed by atoms with Gasteiger partial charge in [0.1, 0.15) is 12.0 Å². The first kappa shape index (κ1) is 13.1. The van der Waals surface area contributed by atoms with Crippen molar-refractivity contribution in [2.24, 2.45) is 0 Å². The van der Waals surface area contributed by atoms with Crippen molar-refractivity contribution in [2.45, 2.75) is 19.2 Å². The summed E-state index contributed by atoms with van der Waals surface area (Å²) in [6.45, 7) is 1.80. The van der Waals surface area contributed by atoms with E-state index in [1.807, 2.05) is 0 Å². The van der Waals surface area contributed by atoms with Gasteiger partial charge in [-0.1, -0.05) is 0 Å². The molecule has 1 aromatic carbocycles. The first-order chi connectivity index (χ1) is 8.32. The molecular weight excluding hydrogens is 313 g/mol. The van der Waals surface area contributed by atoms with Gasteiger partial charge < -0.3 is 4.74 Å². The first-order valence-electron chi connectivity index (χ1n) is 5.03. The van der Waals surface area contributed by atoms with Crippen LogP contribution < -0.4 is 4.74 Å². The van der Waals surface area contributed by atoms with Crippen LogP contribution in [0.5, 0.6) is 5.75 Å². The van der Waals surface area contributed by atoms with Gasteiger partial charge in [0.25, 0.3) is 0 Å². The maximum Gasteiger partial charge on any atom is 0.429 e. The van der Waals surface area contributed by atoms with E-state index in [2.05, 4.69) is 15.9 Å². The van der Waals surface area contributed by atoms with Crippen molar-refractivity contribution in [1.82, 2.24) is 0 Å². The van der Waals surface area contributed by atoms with E-state index in [9.17, 15) is 18.0 Å². The predicted octanol–water partition coefficient (Wildman–Crippen LogP) is 3.66. The molecular formula is C12H8BrF3O2. The Kier molecular flexibility index (Phi) is 3.23. The van der Waals surface area contributed by atoms with E-state index in [1.165, 1.54) is 6.08 Å². The van der Waals surface area contributed by atoms with E-state index in [1.54, 1.807) is 19.1 Å². The molecule has 0 amide bonds. The van der Waals surface area contributed by atoms with Gasteiger partial charge in [0, 0.05) is 11.1 Å². The Bertz CT molecular complexity index is 535. The summed E-state index contributed by atoms with van der Waals surface area (Å²) in [5.74, 6) is 0.105. The number of aldehydes is 1. The molecule has 1 atom stereocenters. The quantitative estimate of drug-likeness (QED) is 0.738. The number of rotatable bonds is 1. The molecule has 1 unspecified atom stereocenters. The average Bonchev–Trinajstić information content (AvgIpc) is 2.25. The molecule has 0 spiro atoms. The van der Waals surface area contributed by atoms with Gasteiger partial charge in [-0.3, -0.25) is 4.79 Å². The summed E-state index contributed by atoms with van der Waals surface area (Å²) < 4.78 is 43.6. The Labute approximate surface area is 110 Å². The fraction of sp³-hybridized carbons (Fsp3) is 0.250. The average molecular weight is 321 g/mol. The van der Waals surface area contributed by atoms with Gasteiger partial charge in [-0.05, 0) is 46.6 Å². The van der Waals surface area contributed by atoms with Crippen LogP contribution in [-0.4, -0.2) is 18.6 Å². The summed E-state index contributed by atoms with van der Waals surface area (Å²) in [5, 5.41) is 0. The lowest BCUT2D eigenvalue weighted by molar-refractivity contribution is -0.184. The standard InChI is InChI=1S/C12H8BrF3O2/c1-6-2-7-4-8(5-17)11(12(14,15)16)18-10(7)9(13)3-6/h2-5,11H,1H3. The molecule has 0 saturated carbocycles. The second kappa shape index (κ2) is 4.42. The van der Waals surface area contributed by atoms with Gasteiger partial charge in [0.2, 0.25) is 6.10 Å². The highest BCUT2D eigenvalue weighted by atomic mass is 79.9. The number of carbonyl (C=O) groups excluding carboxylic acids is 1. The topological polar surface area (TPSA) is 26.3 Å². The Morgan fingerprint density at radius 3 is 2.61 bits per heavy atom. The highest BCUT2D eigenvalue weighted by Gasteiger charge is 2.46. The lowest BCUT2D eigenvalue weighted by atomic mass is 10.0. The molecule has 0 N–H and O–H groups in total. The maximum atomic E-state index is 12.7. The molecule has 6 heteroatoms. The molecule has 1 aliphatic rings. The summed E-state index contributed by atoms with van der Waals surface area (Å²) in [4.78, 5) is 10.7. The zero-order chi connectivity index (χ0) is 13.5. The smallest absolute Gasteiger partial charge is 0.429 e. The molecule has 0 aliphatic carbocycles. The molecule has 18 heavy (non-hydrogen) atoms. The third kappa shape index (κ3) is 2.29. The summed E-state index contributed by atoms with van der Waals surface area (Å²) in [6, 6.07) is 3.32. The summed E-state index contributed by atoms with van der Waals surface area (Å²) in [7, 11) is 0. The van der Waals surface area contributed by atoms with Crippen molar-refractivity contribution in [2.75, 3.05) is 0 Å². The Hall–Kier alpha value is -1.30. The highest BCUT2D eigenvalue weighted by Crippen LogP contribution is 2.40. The van der Waals surface area contributed by atoms with Crippen LogP contribution in [0.15, 0.2) is 22.2 Å². The SMILES string of the molecule is Cc1cc(Br)c2c(c1)C=C(C=O)C(C(F)(F)F)O2. The fourth-order valence-corrected chi connectivity index (χ4v) is 2.46. The van der Waals surface area contributed by atoms with Crippen LogP contribution in [0.4, 0.5) is 13.2 Å². The second-order valence-corrected chi connectivity index (χ2v) is 4.82. The molecule has 2 nitrogen and oxygen atoms in total. The Balaban J connectivity index is 2.57. The number of hydrogen-bond acceptors (Lipinski definition) is 2. The van der Waals surface area contributed by atoms with E-state index in [4.69, 9.17) is 4.74 Å². The number of fused-ring (bicyclic) bond motifs is 1. The largest absolute Gasteiger partial charge is 0.474 e. The second-order valence-electron chi connectivity index (χ2n) is 3.97. The molecule has 0 radical (unpaired) electrons. The van der Waals surface area contributed by atoms with Crippen LogP contribution in [0, 0.1) is 6.92 Å². The van der Waals surface area contributed by atoms with E-state index >= 15 is 0 Å². The van der Waals surface area contributed by atoms with Crippen molar-refractivity contribution in [3.05, 3.63) is 33.3 Å². The van der Waals surface area contributed by atoms with Gasteiger partial charge in [0.05, 0.1) is 4.47 Å². The first-order valence-corrected chi connectivity index (χ1v) is 5.82. The van der Waals surface area contributed by atoms with Crippen LogP contribution in [0.1, 0.15) is 11.1 Å². The number of hydrogen-bond donors (Lipinski definition) is 0. The van der Waals surface area contributed by atoms with Gasteiger partial charge in [-0.2, -0.15) is 13.2 Å². The minimum Gasteiger partial charge on any atom is -0.474 e. The molecule has 1 aromatic rings. The molecule has 1 heterocycles. The van der Waals surface area contributed by atoms with Crippen molar-refractivity contribution in [3.63, 3.8) is 0 Å². The Morgan fingerprint density at radius 1 is 1.39 bits per heavy atom. The summed E-state index contributed by atoms with van der Waals surface area (Å²) in [6.07, 6.45) is -5.44. The number of ether oxygens (including phenoxy) is 1. The van der Waals surface area contributed by atoms with Gasteiger partial charge >= 0.3 is 6.18 Å². The van der Waals surface area contributed by atoms with E-state index in [-0.39, 0.29) is 12.0 Å². The number of aryl methyl sites for hydroxylation is 1. The molecule has 0 fully saturated rings. The molecule has 0 saturated heterocycles. The maximum absolute atomic E-state index is 12.7. The molecule has 0 aromatic heterocycles. The third-order valence-electron chi connectivity index (χ3n) is 2.51. The van der Waals surface area contributed by atoms with Crippen molar-refractivity contribution in [3.8, 4) is 5.75 Å². The number of benzene rings is 1. The molecule has 2 rings (SSSR count). The predicted molar refractivity (Wildman–Crippen MR) is 63.4 cm³/mol. The van der Waals surface area contributed by atoms with Crippen LogP contribution in [0.25, 0.3) is 6.08 Å². The van der Waals surface area contributed by atoms with Crippen LogP contribution >= 0.6 is 15.9 Å². The van der Waals surface area contributed by atoms with Crippen LogP contribution in [-0.2, 0) is 4.79 Å². The zero-order valence-electron chi connectivity index (χ0n) is 9.22. The lowest BCUT2D eigenvalue weighted by Crippen LogP contribution is -2.38. The van der Waals surface area contributed by atoms with E-state index in [0.29, 0.717) is 10.0 Å². The van der Waals surface area contributed by atoms with Crippen molar-refractivity contribution in [1.29, 1.82) is 0 Å². The normalized spacial score (nSPS) is 18.7. The zero-order valence-corrected chi connectivity index (χ0v) is 10.8. The van der Waals surface area contributed by atoms with Gasteiger partial charge in [-0.25, -0.2) is 0 Å². The van der Waals surface area contributed by atoms with Gasteiger partial charge in [0.15, 0.2) is 0 Å². The van der Waals surface area contributed by atoms with Crippen LogP contribution in [0.3, 0.4) is 0 Å². The molecule has 1 aliphatic heterocycles. The van der Waals surface area contributed by atoms with Crippen LogP contribution in [0.2, 0.25) is 0 Å². The molecule has 96 valence electrons. The van der Waals surface area contributed by atoms with E-state index < -0.39 is 17.9 Å². The molecule has 0 bridgehead atoms. The minimum atomic E-state index is -4.62. The lowest BCUT2D eigenvalue weighted by Gasteiger charge is -2.27. The number of halogens is 4. The highest BCUT2D eigenvalue weighted by molar-refractivity contribution is 9.10. The Morgan fingerprint density at radius 2 is 2.06 bits per heavy atom. The van der Waals surface area contributed by atoms with Crippen molar-refractivity contribution >= 4 is 28.3 Å². The summed E-state index contributed by atoms with van der Waals surface area (Å²) >= 11 is 3.16. The fourth-order valence-electron chi connectivity index (χ4n) is 1.78. The minimum absolute atomic E-state index is 0.105. The summed E-state index contributed by atoms with van der Waals surface area (Å²) in [5.41, 5.74) is 0.896. The van der Waals surface area contributed by atoms with Crippen molar-refractivity contribution < 1.29 is 22.7 Å². The third-order valence-corrected chi connectivity index (χ3v) is 3.10. The number of alkyl halides is 3.